The lowest BCUT2D eigenvalue weighted by Gasteiger charge is -2.19. The van der Waals surface area contributed by atoms with Crippen molar-refractivity contribution >= 4 is 45.6 Å². The van der Waals surface area contributed by atoms with Gasteiger partial charge in [0.15, 0.2) is 5.11 Å². The van der Waals surface area contributed by atoms with Gasteiger partial charge in [-0.05, 0) is 51.4 Å². The van der Waals surface area contributed by atoms with Crippen molar-refractivity contribution in [1.82, 2.24) is 5.32 Å². The highest BCUT2D eigenvalue weighted by Crippen LogP contribution is 2.34. The first kappa shape index (κ1) is 21.6. The zero-order chi connectivity index (χ0) is 19.8. The summed E-state index contributed by atoms with van der Waals surface area (Å²) in [4.78, 5) is 25.0. The highest BCUT2D eigenvalue weighted by Gasteiger charge is 2.27. The highest BCUT2D eigenvalue weighted by atomic mass is 32.1. The van der Waals surface area contributed by atoms with E-state index in [0.29, 0.717) is 32.2 Å². The average molecular weight is 413 g/mol. The van der Waals surface area contributed by atoms with Crippen LogP contribution in [0.15, 0.2) is 0 Å². The van der Waals surface area contributed by atoms with Crippen molar-refractivity contribution < 1.29 is 19.1 Å². The monoisotopic (exact) mass is 412 g/mol. The van der Waals surface area contributed by atoms with Gasteiger partial charge >= 0.3 is 11.9 Å². The van der Waals surface area contributed by atoms with E-state index in [0.717, 1.165) is 12.8 Å². The predicted octanol–water partition coefficient (Wildman–Crippen LogP) is 4.42. The molecule has 2 rings (SSSR count). The minimum atomic E-state index is -0.471. The van der Waals surface area contributed by atoms with E-state index in [-0.39, 0.29) is 13.2 Å². The predicted molar refractivity (Wildman–Crippen MR) is 112 cm³/mol. The molecule has 8 heteroatoms. The van der Waals surface area contributed by atoms with Crippen LogP contribution in [0.5, 0.6) is 0 Å². The van der Waals surface area contributed by atoms with E-state index in [9.17, 15) is 9.59 Å². The molecule has 0 radical (unpaired) electrons. The van der Waals surface area contributed by atoms with Gasteiger partial charge in [0, 0.05) is 6.04 Å². The number of rotatable bonds is 6. The number of ether oxygens (including phenoxy) is 2. The number of hydrogen-bond acceptors (Lipinski definition) is 6. The van der Waals surface area contributed by atoms with Gasteiger partial charge in [0.05, 0.1) is 18.8 Å². The summed E-state index contributed by atoms with van der Waals surface area (Å²) < 4.78 is 10.3. The average Bonchev–Trinajstić information content (AvgIpc) is 2.78. The fraction of sp³-hybridized carbons (Fsp3) is 0.632. The van der Waals surface area contributed by atoms with Crippen LogP contribution in [-0.2, 0) is 9.47 Å². The van der Waals surface area contributed by atoms with E-state index in [1.54, 1.807) is 20.8 Å². The molecule has 1 fully saturated rings. The van der Waals surface area contributed by atoms with Gasteiger partial charge in [-0.3, -0.25) is 0 Å². The summed E-state index contributed by atoms with van der Waals surface area (Å²) in [5.74, 6) is -0.914. The number of esters is 2. The molecule has 0 aliphatic heterocycles. The molecule has 1 aliphatic rings. The molecule has 0 spiro atoms. The van der Waals surface area contributed by atoms with Crippen molar-refractivity contribution in [2.24, 2.45) is 0 Å². The maximum Gasteiger partial charge on any atom is 0.348 e. The first-order valence-corrected chi connectivity index (χ1v) is 10.8. The van der Waals surface area contributed by atoms with E-state index in [4.69, 9.17) is 21.7 Å². The number of carbonyl (C=O) groups excluding carboxylic acids is 2. The molecule has 27 heavy (non-hydrogen) atoms. The Kier molecular flexibility index (Phi) is 8.50. The van der Waals surface area contributed by atoms with Gasteiger partial charge in [-0.15, -0.1) is 11.3 Å². The Hall–Kier alpha value is -1.67. The Balaban J connectivity index is 2.19. The Labute approximate surface area is 170 Å². The third-order valence-corrected chi connectivity index (χ3v) is 5.91. The summed E-state index contributed by atoms with van der Waals surface area (Å²) >= 11 is 6.63. The molecule has 0 unspecified atom stereocenters. The summed E-state index contributed by atoms with van der Waals surface area (Å²) in [6, 6.07) is 0.337. The van der Waals surface area contributed by atoms with Crippen LogP contribution in [0.2, 0.25) is 0 Å². The lowest BCUT2D eigenvalue weighted by atomic mass is 10.1. The molecule has 1 saturated carbocycles. The van der Waals surface area contributed by atoms with E-state index >= 15 is 0 Å². The number of nitrogens with one attached hydrogen (secondary N) is 2. The molecule has 2 N–H and O–H groups in total. The summed E-state index contributed by atoms with van der Waals surface area (Å²) in [5, 5.41) is 7.43. The van der Waals surface area contributed by atoms with Crippen molar-refractivity contribution in [3.05, 3.63) is 16.0 Å². The second kappa shape index (κ2) is 10.6. The Morgan fingerprint density at radius 2 is 1.67 bits per heavy atom. The summed E-state index contributed by atoms with van der Waals surface area (Å²) in [5.41, 5.74) is 0.895. The van der Waals surface area contributed by atoms with Crippen LogP contribution in [0.25, 0.3) is 0 Å². The normalized spacial score (nSPS) is 14.9. The van der Waals surface area contributed by atoms with Gasteiger partial charge in [-0.25, -0.2) is 9.59 Å². The third-order valence-electron chi connectivity index (χ3n) is 4.50. The molecule has 150 valence electrons. The lowest BCUT2D eigenvalue weighted by Crippen LogP contribution is -2.37. The van der Waals surface area contributed by atoms with Crippen molar-refractivity contribution in [3.8, 4) is 0 Å². The van der Waals surface area contributed by atoms with Crippen LogP contribution in [-0.4, -0.2) is 36.3 Å². The van der Waals surface area contributed by atoms with Crippen molar-refractivity contribution in [1.29, 1.82) is 0 Å². The van der Waals surface area contributed by atoms with Crippen molar-refractivity contribution in [2.75, 3.05) is 18.5 Å². The first-order valence-electron chi connectivity index (χ1n) is 9.53. The van der Waals surface area contributed by atoms with Gasteiger partial charge in [-0.1, -0.05) is 25.7 Å². The van der Waals surface area contributed by atoms with E-state index in [2.05, 4.69) is 10.6 Å². The fourth-order valence-electron chi connectivity index (χ4n) is 3.19. The van der Waals surface area contributed by atoms with Crippen LogP contribution in [0, 0.1) is 6.92 Å². The number of anilines is 1. The highest BCUT2D eigenvalue weighted by molar-refractivity contribution is 7.80. The topological polar surface area (TPSA) is 76.7 Å². The molecular weight excluding hydrogens is 384 g/mol. The molecule has 6 nitrogen and oxygen atoms in total. The van der Waals surface area contributed by atoms with Crippen LogP contribution in [0.3, 0.4) is 0 Å². The lowest BCUT2D eigenvalue weighted by molar-refractivity contribution is 0.0527. The van der Waals surface area contributed by atoms with E-state index < -0.39 is 11.9 Å². The zero-order valence-corrected chi connectivity index (χ0v) is 17.8. The smallest absolute Gasteiger partial charge is 0.348 e. The van der Waals surface area contributed by atoms with Crippen LogP contribution in [0.1, 0.15) is 78.0 Å². The summed E-state index contributed by atoms with van der Waals surface area (Å²) in [7, 11) is 0. The number of hydrogen-bond donors (Lipinski definition) is 2. The minimum absolute atomic E-state index is 0.257. The molecule has 1 heterocycles. The second-order valence-electron chi connectivity index (χ2n) is 6.49. The van der Waals surface area contributed by atoms with Crippen molar-refractivity contribution in [2.45, 2.75) is 65.3 Å². The molecule has 0 bridgehead atoms. The van der Waals surface area contributed by atoms with Gasteiger partial charge in [0.1, 0.15) is 9.88 Å². The maximum absolute atomic E-state index is 12.4. The van der Waals surface area contributed by atoms with Crippen LogP contribution in [0.4, 0.5) is 5.00 Å². The SMILES string of the molecule is CCOC(=O)c1sc(NC(=S)NC2CCCCCC2)c(C(=O)OCC)c1C. The van der Waals surface area contributed by atoms with Crippen LogP contribution < -0.4 is 10.6 Å². The fourth-order valence-corrected chi connectivity index (χ4v) is 4.62. The van der Waals surface area contributed by atoms with Gasteiger partial charge in [-0.2, -0.15) is 0 Å². The van der Waals surface area contributed by atoms with Crippen LogP contribution >= 0.6 is 23.6 Å². The minimum Gasteiger partial charge on any atom is -0.462 e. The number of thiophene rings is 1. The molecule has 1 aromatic heterocycles. The quantitative estimate of drug-likeness (QED) is 0.407. The zero-order valence-electron chi connectivity index (χ0n) is 16.2. The molecule has 0 amide bonds. The van der Waals surface area contributed by atoms with Gasteiger partial charge < -0.3 is 20.1 Å². The molecule has 0 atom stereocenters. The Bertz CT molecular complexity index is 679. The molecule has 0 aromatic carbocycles. The first-order chi connectivity index (χ1) is 13.0. The summed E-state index contributed by atoms with van der Waals surface area (Å²) in [6.45, 7) is 5.75. The van der Waals surface area contributed by atoms with Gasteiger partial charge in [0.2, 0.25) is 0 Å². The maximum atomic E-state index is 12.4. The molecular formula is C19H28N2O4S2. The largest absolute Gasteiger partial charge is 0.462 e. The Morgan fingerprint density at radius 3 is 2.26 bits per heavy atom. The molecule has 1 aliphatic carbocycles. The standard InChI is InChI=1S/C19H28N2O4S2/c1-4-24-17(22)14-12(3)15(18(23)25-5-2)27-16(14)21-19(26)20-13-10-8-6-7-9-11-13/h13H,4-11H2,1-3H3,(H2,20,21,26). The van der Waals surface area contributed by atoms with Gasteiger partial charge in [0.25, 0.3) is 0 Å². The number of thiocarbonyl (C=S) groups is 1. The molecule has 1 aromatic rings. The van der Waals surface area contributed by atoms with Crippen molar-refractivity contribution in [3.63, 3.8) is 0 Å². The number of carbonyl (C=O) groups is 2. The van der Waals surface area contributed by atoms with E-state index in [1.165, 1.54) is 37.0 Å². The second-order valence-corrected chi connectivity index (χ2v) is 7.92. The van der Waals surface area contributed by atoms with E-state index in [1.807, 2.05) is 0 Å². The molecule has 0 saturated heterocycles. The third kappa shape index (κ3) is 5.90. The Morgan fingerprint density at radius 1 is 1.07 bits per heavy atom. The summed E-state index contributed by atoms with van der Waals surface area (Å²) in [6.07, 6.45) is 7.09.